The SMILES string of the molecule is COc1ccc(Cl)c2c(CCNc3cc(-c4ccc(C(=O)O)c(OC(F)F)c4)ncn3)c(C)sc12. The van der Waals surface area contributed by atoms with Crippen LogP contribution in [0, 0.1) is 6.92 Å². The first-order valence-electron chi connectivity index (χ1n) is 10.4. The number of fused-ring (bicyclic) bond motifs is 1. The van der Waals surface area contributed by atoms with Gasteiger partial charge in [0.25, 0.3) is 0 Å². The number of methoxy groups -OCH3 is 1. The Morgan fingerprint density at radius 2 is 2.00 bits per heavy atom. The molecule has 0 radical (unpaired) electrons. The molecule has 2 N–H and O–H groups in total. The fraction of sp³-hybridized carbons (Fsp3) is 0.208. The number of anilines is 1. The number of thiophene rings is 1. The van der Waals surface area contributed by atoms with E-state index in [4.69, 9.17) is 16.3 Å². The number of nitrogens with zero attached hydrogens (tertiary/aromatic N) is 2. The van der Waals surface area contributed by atoms with E-state index in [1.807, 2.05) is 19.1 Å². The van der Waals surface area contributed by atoms with E-state index in [2.05, 4.69) is 20.0 Å². The maximum Gasteiger partial charge on any atom is 0.387 e. The van der Waals surface area contributed by atoms with Gasteiger partial charge in [0.05, 0.1) is 17.5 Å². The van der Waals surface area contributed by atoms with Crippen molar-refractivity contribution < 1.29 is 28.2 Å². The number of alkyl halides is 2. The van der Waals surface area contributed by atoms with Gasteiger partial charge in [-0.3, -0.25) is 0 Å². The van der Waals surface area contributed by atoms with Gasteiger partial charge < -0.3 is 19.9 Å². The van der Waals surface area contributed by atoms with Crippen LogP contribution in [0.5, 0.6) is 11.5 Å². The summed E-state index contributed by atoms with van der Waals surface area (Å²) in [5, 5.41) is 14.1. The van der Waals surface area contributed by atoms with Crippen molar-refractivity contribution in [2.75, 3.05) is 19.0 Å². The molecule has 0 saturated heterocycles. The van der Waals surface area contributed by atoms with E-state index in [1.165, 1.54) is 24.5 Å². The lowest BCUT2D eigenvalue weighted by Crippen LogP contribution is -2.08. The number of rotatable bonds is 9. The second-order valence-electron chi connectivity index (χ2n) is 7.45. The van der Waals surface area contributed by atoms with Gasteiger partial charge in [0, 0.05) is 33.5 Å². The van der Waals surface area contributed by atoms with Gasteiger partial charge in [0.2, 0.25) is 0 Å². The molecular formula is C24H20ClF2N3O4S. The molecule has 2 aromatic heterocycles. The molecule has 0 fully saturated rings. The second kappa shape index (κ2) is 10.4. The molecule has 4 aromatic rings. The topological polar surface area (TPSA) is 93.6 Å². The summed E-state index contributed by atoms with van der Waals surface area (Å²) in [6, 6.07) is 9.22. The summed E-state index contributed by atoms with van der Waals surface area (Å²) < 4.78 is 36.3. The van der Waals surface area contributed by atoms with E-state index in [9.17, 15) is 18.7 Å². The highest BCUT2D eigenvalue weighted by molar-refractivity contribution is 7.19. The molecule has 0 unspecified atom stereocenters. The normalized spacial score (nSPS) is 11.1. The number of carboxylic acid groups (broad SMARTS) is 1. The van der Waals surface area contributed by atoms with Crippen LogP contribution in [-0.2, 0) is 6.42 Å². The van der Waals surface area contributed by atoms with Crippen LogP contribution in [-0.4, -0.2) is 41.3 Å². The number of nitrogens with one attached hydrogen (secondary N) is 1. The van der Waals surface area contributed by atoms with Crippen molar-refractivity contribution in [3.8, 4) is 22.8 Å². The summed E-state index contributed by atoms with van der Waals surface area (Å²) in [6.07, 6.45) is 2.02. The third-order valence-corrected chi connectivity index (χ3v) is 6.82. The van der Waals surface area contributed by atoms with E-state index in [-0.39, 0.29) is 5.56 Å². The van der Waals surface area contributed by atoms with Crippen molar-refractivity contribution in [3.63, 3.8) is 0 Å². The molecule has 4 rings (SSSR count). The zero-order valence-electron chi connectivity index (χ0n) is 18.6. The van der Waals surface area contributed by atoms with Crippen LogP contribution in [0.4, 0.5) is 14.6 Å². The Kier molecular flexibility index (Phi) is 7.32. The maximum atomic E-state index is 12.7. The molecule has 0 bridgehead atoms. The number of halogens is 3. The van der Waals surface area contributed by atoms with Crippen molar-refractivity contribution in [3.05, 3.63) is 63.8 Å². The first-order valence-corrected chi connectivity index (χ1v) is 11.6. The van der Waals surface area contributed by atoms with Gasteiger partial charge in [0.15, 0.2) is 0 Å². The maximum absolute atomic E-state index is 12.7. The second-order valence-corrected chi connectivity index (χ2v) is 9.08. The summed E-state index contributed by atoms with van der Waals surface area (Å²) in [5.74, 6) is -0.507. The third-order valence-electron chi connectivity index (χ3n) is 5.34. The number of benzene rings is 2. The van der Waals surface area contributed by atoms with E-state index >= 15 is 0 Å². The molecule has 0 spiro atoms. The number of aryl methyl sites for hydroxylation is 1. The van der Waals surface area contributed by atoms with Crippen molar-refractivity contribution in [2.45, 2.75) is 20.0 Å². The lowest BCUT2D eigenvalue weighted by molar-refractivity contribution is -0.0503. The predicted octanol–water partition coefficient (Wildman–Crippen LogP) is 6.28. The highest BCUT2D eigenvalue weighted by atomic mass is 35.5. The summed E-state index contributed by atoms with van der Waals surface area (Å²) in [6.45, 7) is -0.566. The van der Waals surface area contributed by atoms with Crippen LogP contribution < -0.4 is 14.8 Å². The number of hydrogen-bond donors (Lipinski definition) is 2. The van der Waals surface area contributed by atoms with Gasteiger partial charge in [-0.05, 0) is 43.2 Å². The van der Waals surface area contributed by atoms with Crippen molar-refractivity contribution in [2.24, 2.45) is 0 Å². The Labute approximate surface area is 208 Å². The molecule has 35 heavy (non-hydrogen) atoms. The molecule has 0 amide bonds. The van der Waals surface area contributed by atoms with E-state index in [1.54, 1.807) is 24.5 Å². The Morgan fingerprint density at radius 3 is 2.71 bits per heavy atom. The number of aromatic nitrogens is 2. The highest BCUT2D eigenvalue weighted by Crippen LogP contribution is 2.41. The first-order chi connectivity index (χ1) is 16.8. The quantitative estimate of drug-likeness (QED) is 0.268. The Bertz CT molecular complexity index is 1400. The number of hydrogen-bond acceptors (Lipinski definition) is 7. The zero-order chi connectivity index (χ0) is 25.1. The minimum absolute atomic E-state index is 0.366. The Hall–Kier alpha value is -3.50. The zero-order valence-corrected chi connectivity index (χ0v) is 20.2. The summed E-state index contributed by atoms with van der Waals surface area (Å²) in [5.41, 5.74) is 1.59. The predicted molar refractivity (Wildman–Crippen MR) is 131 cm³/mol. The van der Waals surface area contributed by atoms with Gasteiger partial charge >= 0.3 is 12.6 Å². The number of aromatic carboxylic acids is 1. The van der Waals surface area contributed by atoms with E-state index in [0.717, 1.165) is 26.3 Å². The van der Waals surface area contributed by atoms with E-state index in [0.29, 0.717) is 35.1 Å². The lowest BCUT2D eigenvalue weighted by atomic mass is 10.1. The van der Waals surface area contributed by atoms with Crippen LogP contribution in [0.3, 0.4) is 0 Å². The van der Waals surface area contributed by atoms with E-state index < -0.39 is 18.3 Å². The largest absolute Gasteiger partial charge is 0.495 e. The van der Waals surface area contributed by atoms with Gasteiger partial charge in [-0.15, -0.1) is 11.3 Å². The van der Waals surface area contributed by atoms with Crippen LogP contribution in [0.25, 0.3) is 21.3 Å². The van der Waals surface area contributed by atoms with Crippen LogP contribution in [0.2, 0.25) is 5.02 Å². The summed E-state index contributed by atoms with van der Waals surface area (Å²) >= 11 is 8.11. The number of carboxylic acids is 1. The summed E-state index contributed by atoms with van der Waals surface area (Å²) in [7, 11) is 1.63. The van der Waals surface area contributed by atoms with Gasteiger partial charge in [-0.2, -0.15) is 8.78 Å². The lowest BCUT2D eigenvalue weighted by Gasteiger charge is -2.11. The molecule has 0 aliphatic heterocycles. The third kappa shape index (κ3) is 5.28. The molecule has 0 saturated carbocycles. The molecule has 11 heteroatoms. The number of carbonyl (C=O) groups is 1. The molecule has 0 aliphatic rings. The Morgan fingerprint density at radius 1 is 1.20 bits per heavy atom. The van der Waals surface area contributed by atoms with Crippen molar-refractivity contribution in [1.29, 1.82) is 0 Å². The van der Waals surface area contributed by atoms with Gasteiger partial charge in [0.1, 0.15) is 29.2 Å². The molecule has 2 aromatic carbocycles. The fourth-order valence-electron chi connectivity index (χ4n) is 3.75. The molecule has 7 nitrogen and oxygen atoms in total. The molecular weight excluding hydrogens is 500 g/mol. The first kappa shape index (κ1) is 24.6. The molecule has 0 aliphatic carbocycles. The minimum Gasteiger partial charge on any atom is -0.495 e. The highest BCUT2D eigenvalue weighted by Gasteiger charge is 2.18. The standard InChI is InChI=1S/C24H20ClF2N3O4S/c1-12-14(21-16(25)5-6-18(33-2)22(21)35-12)7-8-28-20-10-17(29-11-30-20)13-3-4-15(23(31)32)19(9-13)34-24(26)27/h3-6,9-11,24H,7-8H2,1-2H3,(H,31,32)(H,28,29,30). The van der Waals surface area contributed by atoms with Gasteiger partial charge in [-0.1, -0.05) is 17.7 Å². The van der Waals surface area contributed by atoms with Crippen molar-refractivity contribution in [1.82, 2.24) is 9.97 Å². The summed E-state index contributed by atoms with van der Waals surface area (Å²) in [4.78, 5) is 20.8. The van der Waals surface area contributed by atoms with Gasteiger partial charge in [-0.25, -0.2) is 14.8 Å². The van der Waals surface area contributed by atoms with Crippen molar-refractivity contribution >= 4 is 44.8 Å². The average molecular weight is 520 g/mol. The number of ether oxygens (including phenoxy) is 2. The Balaban J connectivity index is 1.54. The monoisotopic (exact) mass is 519 g/mol. The minimum atomic E-state index is -3.16. The molecule has 182 valence electrons. The average Bonchev–Trinajstić information content (AvgIpc) is 3.16. The van der Waals surface area contributed by atoms with Crippen LogP contribution >= 0.6 is 22.9 Å². The van der Waals surface area contributed by atoms with Crippen LogP contribution in [0.15, 0.2) is 42.7 Å². The molecule has 0 atom stereocenters. The van der Waals surface area contributed by atoms with Crippen LogP contribution in [0.1, 0.15) is 20.8 Å². The fourth-order valence-corrected chi connectivity index (χ4v) is 5.30. The smallest absolute Gasteiger partial charge is 0.387 e. The molecule has 2 heterocycles.